The lowest BCUT2D eigenvalue weighted by Gasteiger charge is -2.40. The van der Waals surface area contributed by atoms with Crippen molar-refractivity contribution in [1.82, 2.24) is 4.57 Å². The number of aryl methyl sites for hydroxylation is 1. The molecule has 4 nitrogen and oxygen atoms in total. The Hall–Kier alpha value is -3.83. The second-order valence-corrected chi connectivity index (χ2v) is 9.75. The largest absolute Gasteiger partial charge is 0.468 e. The van der Waals surface area contributed by atoms with Crippen molar-refractivity contribution in [2.45, 2.75) is 11.5 Å². The molecule has 0 aliphatic heterocycles. The van der Waals surface area contributed by atoms with Crippen molar-refractivity contribution in [3.05, 3.63) is 137 Å². The van der Waals surface area contributed by atoms with E-state index in [1.807, 2.05) is 92.0 Å². The summed E-state index contributed by atoms with van der Waals surface area (Å²) in [5.74, 6) is -0.332. The molecule has 0 aliphatic carbocycles. The molecule has 2 atom stereocenters. The van der Waals surface area contributed by atoms with Gasteiger partial charge in [-0.3, -0.25) is 4.79 Å². The van der Waals surface area contributed by atoms with E-state index in [0.717, 1.165) is 37.8 Å². The second kappa shape index (κ2) is 10.0. The van der Waals surface area contributed by atoms with Crippen molar-refractivity contribution >= 4 is 38.5 Å². The van der Waals surface area contributed by atoms with E-state index >= 15 is 0 Å². The average molecular weight is 539 g/mol. The zero-order valence-corrected chi connectivity index (χ0v) is 21.8. The summed E-state index contributed by atoms with van der Waals surface area (Å²) in [5.41, 5.74) is 3.46. The number of carbonyl (C=O) groups excluding carboxylic acids is 1. The fourth-order valence-corrected chi connectivity index (χ4v) is 5.40. The SMILES string of the molecule is COC(=O)C(c1ccccc1)(c1cn(C)c2ccccc12)C(Nc1ccccc1)c1ccc(Br)cc1. The van der Waals surface area contributed by atoms with Gasteiger partial charge in [-0.25, -0.2) is 0 Å². The maximum absolute atomic E-state index is 14.3. The number of hydrogen-bond donors (Lipinski definition) is 1. The lowest BCUT2D eigenvalue weighted by atomic mass is 9.66. The van der Waals surface area contributed by atoms with Gasteiger partial charge < -0.3 is 14.6 Å². The number of anilines is 1. The molecule has 180 valence electrons. The summed E-state index contributed by atoms with van der Waals surface area (Å²) in [4.78, 5) is 14.3. The number of rotatable bonds is 7. The monoisotopic (exact) mass is 538 g/mol. The Morgan fingerprint density at radius 2 is 1.47 bits per heavy atom. The number of ether oxygens (including phenoxy) is 1. The van der Waals surface area contributed by atoms with Crippen LogP contribution in [0.1, 0.15) is 22.7 Å². The lowest BCUT2D eigenvalue weighted by Crippen LogP contribution is -2.46. The predicted octanol–water partition coefficient (Wildman–Crippen LogP) is 7.25. The molecular weight excluding hydrogens is 512 g/mol. The van der Waals surface area contributed by atoms with Gasteiger partial charge >= 0.3 is 5.97 Å². The number of benzene rings is 4. The molecule has 1 heterocycles. The van der Waals surface area contributed by atoms with Crippen LogP contribution in [0.4, 0.5) is 5.69 Å². The number of esters is 1. The Kier molecular flexibility index (Phi) is 6.66. The highest BCUT2D eigenvalue weighted by Gasteiger charge is 2.52. The number of hydrogen-bond acceptors (Lipinski definition) is 3. The number of nitrogens with one attached hydrogen (secondary N) is 1. The molecule has 0 radical (unpaired) electrons. The van der Waals surface area contributed by atoms with Crippen LogP contribution in [-0.4, -0.2) is 17.6 Å². The Bertz CT molecular complexity index is 1480. The van der Waals surface area contributed by atoms with Gasteiger partial charge in [-0.2, -0.15) is 0 Å². The zero-order valence-electron chi connectivity index (χ0n) is 20.2. The van der Waals surface area contributed by atoms with Gasteiger partial charge in [-0.05, 0) is 41.5 Å². The van der Waals surface area contributed by atoms with Crippen LogP contribution in [0, 0.1) is 0 Å². The third kappa shape index (κ3) is 4.10. The fraction of sp³-hybridized carbons (Fsp3) is 0.129. The number of aromatic nitrogens is 1. The van der Waals surface area contributed by atoms with Gasteiger partial charge in [0, 0.05) is 39.9 Å². The third-order valence-electron chi connectivity index (χ3n) is 6.78. The van der Waals surface area contributed by atoms with E-state index in [9.17, 15) is 4.79 Å². The van der Waals surface area contributed by atoms with Crippen molar-refractivity contribution in [1.29, 1.82) is 0 Å². The van der Waals surface area contributed by atoms with Crippen LogP contribution in [0.2, 0.25) is 0 Å². The highest BCUT2D eigenvalue weighted by molar-refractivity contribution is 9.10. The van der Waals surface area contributed by atoms with E-state index in [2.05, 4.69) is 56.3 Å². The highest BCUT2D eigenvalue weighted by Crippen LogP contribution is 2.48. The number of carbonyl (C=O) groups is 1. The minimum absolute atomic E-state index is 0.332. The Labute approximate surface area is 219 Å². The van der Waals surface area contributed by atoms with E-state index in [4.69, 9.17) is 4.74 Å². The Morgan fingerprint density at radius 3 is 2.14 bits per heavy atom. The summed E-state index contributed by atoms with van der Waals surface area (Å²) in [7, 11) is 3.48. The first-order chi connectivity index (χ1) is 17.6. The average Bonchev–Trinajstić information content (AvgIpc) is 3.26. The summed E-state index contributed by atoms with van der Waals surface area (Å²) < 4.78 is 8.70. The first kappa shape index (κ1) is 23.9. The van der Waals surface area contributed by atoms with Crippen LogP contribution in [-0.2, 0) is 22.0 Å². The molecule has 2 unspecified atom stereocenters. The molecule has 0 fully saturated rings. The molecular formula is C31H27BrN2O2. The van der Waals surface area contributed by atoms with Crippen molar-refractivity contribution in [2.24, 2.45) is 7.05 Å². The smallest absolute Gasteiger partial charge is 0.323 e. The summed E-state index contributed by atoms with van der Waals surface area (Å²) >= 11 is 3.56. The standard InChI is InChI=1S/C31H27BrN2O2/c1-34-21-27(26-15-9-10-16-28(26)34)31(30(35)36-2,23-11-5-3-6-12-23)29(22-17-19-24(32)20-18-22)33-25-13-7-4-8-14-25/h3-21,29,33H,1-2H3. The van der Waals surface area contributed by atoms with E-state index in [1.165, 1.54) is 7.11 Å². The van der Waals surface area contributed by atoms with Gasteiger partial charge in [0.1, 0.15) is 5.41 Å². The summed E-state index contributed by atoms with van der Waals surface area (Å²) in [6.45, 7) is 0. The van der Waals surface area contributed by atoms with E-state index < -0.39 is 11.5 Å². The van der Waals surface area contributed by atoms with Gasteiger partial charge in [-0.1, -0.05) is 94.8 Å². The first-order valence-corrected chi connectivity index (χ1v) is 12.6. The molecule has 5 aromatic rings. The molecule has 5 rings (SSSR count). The predicted molar refractivity (Wildman–Crippen MR) is 149 cm³/mol. The van der Waals surface area contributed by atoms with E-state index in [-0.39, 0.29) is 5.97 Å². The number of methoxy groups -OCH3 is 1. The maximum atomic E-state index is 14.3. The lowest BCUT2D eigenvalue weighted by molar-refractivity contribution is -0.146. The second-order valence-electron chi connectivity index (χ2n) is 8.83. The van der Waals surface area contributed by atoms with E-state index in [1.54, 1.807) is 0 Å². The zero-order chi connectivity index (χ0) is 25.1. The summed E-state index contributed by atoms with van der Waals surface area (Å²) in [6, 6.07) is 35.7. The summed E-state index contributed by atoms with van der Waals surface area (Å²) in [6.07, 6.45) is 2.06. The molecule has 0 aliphatic rings. The topological polar surface area (TPSA) is 43.3 Å². The molecule has 1 N–H and O–H groups in total. The molecule has 1 aromatic heterocycles. The maximum Gasteiger partial charge on any atom is 0.323 e. The third-order valence-corrected chi connectivity index (χ3v) is 7.31. The minimum atomic E-state index is -1.19. The molecule has 4 aromatic carbocycles. The molecule has 36 heavy (non-hydrogen) atoms. The number of halogens is 1. The fourth-order valence-electron chi connectivity index (χ4n) is 5.14. The molecule has 0 amide bonds. The van der Waals surface area contributed by atoms with Crippen LogP contribution in [0.3, 0.4) is 0 Å². The van der Waals surface area contributed by atoms with E-state index in [0.29, 0.717) is 0 Å². The van der Waals surface area contributed by atoms with Crippen LogP contribution in [0.25, 0.3) is 10.9 Å². The van der Waals surface area contributed by atoms with Crippen LogP contribution in [0.5, 0.6) is 0 Å². The van der Waals surface area contributed by atoms with Crippen LogP contribution < -0.4 is 5.32 Å². The molecule has 0 bridgehead atoms. The number of para-hydroxylation sites is 2. The molecule has 0 spiro atoms. The van der Waals surface area contributed by atoms with Crippen molar-refractivity contribution in [2.75, 3.05) is 12.4 Å². The number of nitrogens with zero attached hydrogens (tertiary/aromatic N) is 1. The normalized spacial score (nSPS) is 13.6. The highest BCUT2D eigenvalue weighted by atomic mass is 79.9. The van der Waals surface area contributed by atoms with Gasteiger partial charge in [0.05, 0.1) is 13.2 Å². The van der Waals surface area contributed by atoms with Gasteiger partial charge in [0.2, 0.25) is 0 Å². The molecule has 0 saturated carbocycles. The Balaban J connectivity index is 1.90. The number of fused-ring (bicyclic) bond motifs is 1. The Morgan fingerprint density at radius 1 is 0.861 bits per heavy atom. The molecule has 5 heteroatoms. The minimum Gasteiger partial charge on any atom is -0.468 e. The van der Waals surface area contributed by atoms with Crippen molar-refractivity contribution < 1.29 is 9.53 Å². The van der Waals surface area contributed by atoms with Gasteiger partial charge in [0.15, 0.2) is 0 Å². The van der Waals surface area contributed by atoms with Crippen molar-refractivity contribution in [3.63, 3.8) is 0 Å². The summed E-state index contributed by atoms with van der Waals surface area (Å²) in [5, 5.41) is 4.72. The van der Waals surface area contributed by atoms with Gasteiger partial charge in [0.25, 0.3) is 0 Å². The quantitative estimate of drug-likeness (QED) is 0.222. The molecule has 0 saturated heterocycles. The first-order valence-electron chi connectivity index (χ1n) is 11.8. The van der Waals surface area contributed by atoms with Crippen LogP contribution in [0.15, 0.2) is 120 Å². The van der Waals surface area contributed by atoms with Crippen LogP contribution >= 0.6 is 15.9 Å². The van der Waals surface area contributed by atoms with Crippen molar-refractivity contribution in [3.8, 4) is 0 Å². The van der Waals surface area contributed by atoms with Gasteiger partial charge in [-0.15, -0.1) is 0 Å².